The second-order valence-corrected chi connectivity index (χ2v) is 9.78. The molecule has 1 atom stereocenters. The molecule has 2 amide bonds. The molecular formula is C31H30N2O4S. The van der Waals surface area contributed by atoms with E-state index < -0.39 is 5.97 Å². The molecule has 2 N–H and O–H groups in total. The topological polar surface area (TPSA) is 78.9 Å². The molecule has 0 aliphatic heterocycles. The number of para-hydroxylation sites is 2. The Bertz CT molecular complexity index is 1360. The van der Waals surface area contributed by atoms with Gasteiger partial charge in [-0.1, -0.05) is 66.4 Å². The molecule has 4 aromatic carbocycles. The zero-order valence-electron chi connectivity index (χ0n) is 21.3. The number of carbonyl (C=O) groups is 2. The quantitative estimate of drug-likeness (QED) is 0.222. The molecule has 0 aliphatic rings. The lowest BCUT2D eigenvalue weighted by atomic mass is 10.1. The average Bonchev–Trinajstić information content (AvgIpc) is 2.92. The Kier molecular flexibility index (Phi) is 9.06. The predicted molar refractivity (Wildman–Crippen MR) is 152 cm³/mol. The fourth-order valence-corrected chi connectivity index (χ4v) is 4.90. The van der Waals surface area contributed by atoms with Crippen LogP contribution in [0.4, 0.5) is 16.2 Å². The van der Waals surface area contributed by atoms with E-state index in [0.29, 0.717) is 23.7 Å². The van der Waals surface area contributed by atoms with Crippen LogP contribution in [0.3, 0.4) is 0 Å². The highest BCUT2D eigenvalue weighted by molar-refractivity contribution is 7.99. The Morgan fingerprint density at radius 2 is 1.47 bits per heavy atom. The molecule has 6 nitrogen and oxygen atoms in total. The maximum atomic E-state index is 13.7. The molecule has 0 aromatic heterocycles. The van der Waals surface area contributed by atoms with Gasteiger partial charge >= 0.3 is 12.0 Å². The van der Waals surface area contributed by atoms with Crippen molar-refractivity contribution in [2.24, 2.45) is 0 Å². The Labute approximate surface area is 227 Å². The number of nitrogens with zero attached hydrogens (tertiary/aromatic N) is 1. The summed E-state index contributed by atoms with van der Waals surface area (Å²) in [7, 11) is 0. The van der Waals surface area contributed by atoms with Gasteiger partial charge in [-0.2, -0.15) is 0 Å². The minimum absolute atomic E-state index is 0.00823. The number of nitrogens with one attached hydrogen (secondary N) is 1. The van der Waals surface area contributed by atoms with Crippen LogP contribution >= 0.6 is 11.8 Å². The number of urea groups is 1. The summed E-state index contributed by atoms with van der Waals surface area (Å²) in [6, 6.07) is 32.1. The van der Waals surface area contributed by atoms with Crippen LogP contribution in [0.5, 0.6) is 5.75 Å². The SMILES string of the molecule is CCOc1ccccc1N(C(=O)Nc1ccc(Sc2ccc(CC(=O)O)cc2)cc1)C(C)c1ccccc1. The number of hydrogen-bond acceptors (Lipinski definition) is 4. The Morgan fingerprint density at radius 3 is 2.11 bits per heavy atom. The molecule has 0 heterocycles. The summed E-state index contributed by atoms with van der Waals surface area (Å²) in [4.78, 5) is 28.3. The van der Waals surface area contributed by atoms with Gasteiger partial charge < -0.3 is 15.2 Å². The molecule has 7 heteroatoms. The number of aliphatic carboxylic acids is 1. The number of carboxylic acid groups (broad SMARTS) is 1. The van der Waals surface area contributed by atoms with E-state index in [1.54, 1.807) is 16.7 Å². The first-order valence-corrected chi connectivity index (χ1v) is 13.2. The van der Waals surface area contributed by atoms with Crippen LogP contribution in [-0.4, -0.2) is 23.7 Å². The highest BCUT2D eigenvalue weighted by atomic mass is 32.2. The van der Waals surface area contributed by atoms with E-state index in [9.17, 15) is 9.59 Å². The summed E-state index contributed by atoms with van der Waals surface area (Å²) < 4.78 is 5.85. The van der Waals surface area contributed by atoms with Gasteiger partial charge in [-0.05, 0) is 73.5 Å². The highest BCUT2D eigenvalue weighted by Gasteiger charge is 2.26. The minimum Gasteiger partial charge on any atom is -0.492 e. The van der Waals surface area contributed by atoms with E-state index in [2.05, 4.69) is 5.32 Å². The van der Waals surface area contributed by atoms with E-state index in [-0.39, 0.29) is 18.5 Å². The number of rotatable bonds is 10. The van der Waals surface area contributed by atoms with Gasteiger partial charge in [0.15, 0.2) is 0 Å². The van der Waals surface area contributed by atoms with Crippen molar-refractivity contribution in [1.29, 1.82) is 0 Å². The zero-order valence-corrected chi connectivity index (χ0v) is 22.2. The lowest BCUT2D eigenvalue weighted by Gasteiger charge is -2.31. The van der Waals surface area contributed by atoms with Crippen molar-refractivity contribution in [2.45, 2.75) is 36.1 Å². The third-order valence-electron chi connectivity index (χ3n) is 5.93. The average molecular weight is 527 g/mol. The molecule has 194 valence electrons. The normalized spacial score (nSPS) is 11.4. The number of amides is 2. The van der Waals surface area contributed by atoms with Gasteiger partial charge in [0.2, 0.25) is 0 Å². The first-order chi connectivity index (χ1) is 18.4. The Morgan fingerprint density at radius 1 is 0.868 bits per heavy atom. The smallest absolute Gasteiger partial charge is 0.327 e. The van der Waals surface area contributed by atoms with Gasteiger partial charge in [-0.25, -0.2) is 4.79 Å². The number of carboxylic acids is 1. The zero-order chi connectivity index (χ0) is 26.9. The molecule has 0 saturated heterocycles. The van der Waals surface area contributed by atoms with Crippen molar-refractivity contribution in [3.8, 4) is 5.75 Å². The number of hydrogen-bond donors (Lipinski definition) is 2. The van der Waals surface area contributed by atoms with Crippen LogP contribution < -0.4 is 15.0 Å². The predicted octanol–water partition coefficient (Wildman–Crippen LogP) is 7.66. The fraction of sp³-hybridized carbons (Fsp3) is 0.161. The van der Waals surface area contributed by atoms with Crippen molar-refractivity contribution < 1.29 is 19.4 Å². The van der Waals surface area contributed by atoms with E-state index in [1.165, 1.54) is 0 Å². The van der Waals surface area contributed by atoms with Crippen molar-refractivity contribution in [2.75, 3.05) is 16.8 Å². The van der Waals surface area contributed by atoms with Crippen LogP contribution in [0.15, 0.2) is 113 Å². The monoisotopic (exact) mass is 526 g/mol. The first kappa shape index (κ1) is 26.8. The van der Waals surface area contributed by atoms with Crippen LogP contribution in [-0.2, 0) is 11.2 Å². The van der Waals surface area contributed by atoms with E-state index >= 15 is 0 Å². The van der Waals surface area contributed by atoms with Gasteiger partial charge in [-0.15, -0.1) is 0 Å². The summed E-state index contributed by atoms with van der Waals surface area (Å²) in [5, 5.41) is 12.0. The largest absolute Gasteiger partial charge is 0.492 e. The summed E-state index contributed by atoms with van der Waals surface area (Å²) in [6.07, 6.45) is 0.00823. The Hall–Kier alpha value is -4.23. The number of anilines is 2. The molecule has 0 saturated carbocycles. The molecule has 1 unspecified atom stereocenters. The molecule has 0 bridgehead atoms. The van der Waals surface area contributed by atoms with Crippen LogP contribution in [0, 0.1) is 0 Å². The second kappa shape index (κ2) is 12.8. The standard InChI is InChI=1S/C31H30N2O4S/c1-3-37-29-12-8-7-11-28(29)33(22(2)24-9-5-4-6-10-24)31(36)32-25-15-19-27(20-16-25)38-26-17-13-23(14-18-26)21-30(34)35/h4-20,22H,3,21H2,1-2H3,(H,32,36)(H,34,35). The molecule has 4 aromatic rings. The third-order valence-corrected chi connectivity index (χ3v) is 6.95. The molecule has 38 heavy (non-hydrogen) atoms. The third kappa shape index (κ3) is 6.95. The van der Waals surface area contributed by atoms with Gasteiger partial charge in [0.05, 0.1) is 24.8 Å². The Balaban J connectivity index is 1.52. The maximum absolute atomic E-state index is 13.7. The molecule has 0 aliphatic carbocycles. The fourth-order valence-electron chi connectivity index (χ4n) is 4.08. The van der Waals surface area contributed by atoms with Crippen molar-refractivity contribution >= 4 is 35.1 Å². The van der Waals surface area contributed by atoms with Crippen LogP contribution in [0.2, 0.25) is 0 Å². The number of carbonyl (C=O) groups excluding carboxylic acids is 1. The van der Waals surface area contributed by atoms with Gasteiger partial charge in [0, 0.05) is 15.5 Å². The van der Waals surface area contributed by atoms with Gasteiger partial charge in [0.1, 0.15) is 5.75 Å². The molecule has 0 fully saturated rings. The van der Waals surface area contributed by atoms with Crippen LogP contribution in [0.1, 0.15) is 31.0 Å². The lowest BCUT2D eigenvalue weighted by molar-refractivity contribution is -0.136. The summed E-state index contributed by atoms with van der Waals surface area (Å²) in [6.45, 7) is 4.42. The maximum Gasteiger partial charge on any atom is 0.327 e. The van der Waals surface area contributed by atoms with Crippen molar-refractivity contribution in [3.05, 3.63) is 114 Å². The van der Waals surface area contributed by atoms with E-state index in [0.717, 1.165) is 20.9 Å². The van der Waals surface area contributed by atoms with Gasteiger partial charge in [-0.3, -0.25) is 9.69 Å². The molecule has 0 radical (unpaired) electrons. The van der Waals surface area contributed by atoms with Gasteiger partial charge in [0.25, 0.3) is 0 Å². The van der Waals surface area contributed by atoms with Crippen molar-refractivity contribution in [1.82, 2.24) is 0 Å². The van der Waals surface area contributed by atoms with E-state index in [1.807, 2.05) is 117 Å². The first-order valence-electron chi connectivity index (χ1n) is 12.4. The summed E-state index contributed by atoms with van der Waals surface area (Å²) in [5.41, 5.74) is 3.15. The van der Waals surface area contributed by atoms with Crippen molar-refractivity contribution in [3.63, 3.8) is 0 Å². The number of ether oxygens (including phenoxy) is 1. The highest BCUT2D eigenvalue weighted by Crippen LogP contribution is 2.35. The number of benzene rings is 4. The van der Waals surface area contributed by atoms with E-state index in [4.69, 9.17) is 9.84 Å². The second-order valence-electron chi connectivity index (χ2n) is 8.63. The molecular weight excluding hydrogens is 496 g/mol. The minimum atomic E-state index is -0.846. The molecule has 4 rings (SSSR count). The van der Waals surface area contributed by atoms with Crippen LogP contribution in [0.25, 0.3) is 0 Å². The lowest BCUT2D eigenvalue weighted by Crippen LogP contribution is -2.37. The summed E-state index contributed by atoms with van der Waals surface area (Å²) in [5.74, 6) is -0.199. The molecule has 0 spiro atoms. The summed E-state index contributed by atoms with van der Waals surface area (Å²) >= 11 is 1.57.